The maximum Gasteiger partial charge on any atom is 0.127 e. The van der Waals surface area contributed by atoms with Crippen molar-refractivity contribution in [2.24, 2.45) is 5.73 Å². The van der Waals surface area contributed by atoms with Crippen LogP contribution in [0.5, 0.6) is 5.75 Å². The molecule has 1 atom stereocenters. The second-order valence-electron chi connectivity index (χ2n) is 4.94. The van der Waals surface area contributed by atoms with E-state index in [4.69, 9.17) is 22.1 Å². The Morgan fingerprint density at radius 2 is 2.05 bits per heavy atom. The molecule has 1 unspecified atom stereocenters. The molecule has 2 nitrogen and oxygen atoms in total. The lowest BCUT2D eigenvalue weighted by Crippen LogP contribution is -2.13. The van der Waals surface area contributed by atoms with Gasteiger partial charge in [-0.3, -0.25) is 0 Å². The van der Waals surface area contributed by atoms with E-state index in [0.717, 1.165) is 35.5 Å². The number of para-hydroxylation sites is 1. The number of rotatable bonds is 2. The van der Waals surface area contributed by atoms with Crippen molar-refractivity contribution in [3.05, 3.63) is 63.7 Å². The quantitative estimate of drug-likeness (QED) is 0.907. The molecule has 0 saturated carbocycles. The van der Waals surface area contributed by atoms with Crippen molar-refractivity contribution >= 4 is 11.6 Å². The molecular weight excluding hydrogens is 258 g/mol. The lowest BCUT2D eigenvalue weighted by atomic mass is 9.96. The summed E-state index contributed by atoms with van der Waals surface area (Å²) in [5, 5.41) is 0.711. The molecule has 2 N–H and O–H groups in total. The fourth-order valence-electron chi connectivity index (χ4n) is 2.54. The fraction of sp³-hybridized carbons (Fsp3) is 0.250. The average molecular weight is 274 g/mol. The topological polar surface area (TPSA) is 35.2 Å². The van der Waals surface area contributed by atoms with E-state index in [-0.39, 0.29) is 6.04 Å². The van der Waals surface area contributed by atoms with Gasteiger partial charge in [-0.2, -0.15) is 0 Å². The van der Waals surface area contributed by atoms with E-state index in [1.54, 1.807) is 0 Å². The summed E-state index contributed by atoms with van der Waals surface area (Å²) in [7, 11) is 0. The van der Waals surface area contributed by atoms with Crippen molar-refractivity contribution in [2.45, 2.75) is 19.4 Å². The van der Waals surface area contributed by atoms with Crippen molar-refractivity contribution in [2.75, 3.05) is 6.61 Å². The molecular formula is C16H16ClNO. The second kappa shape index (κ2) is 4.87. The lowest BCUT2D eigenvalue weighted by molar-refractivity contribution is 0.352. The Hall–Kier alpha value is -1.51. The number of nitrogens with two attached hydrogens (primary N) is 1. The Bertz CT molecular complexity index is 624. The van der Waals surface area contributed by atoms with Gasteiger partial charge in [-0.25, -0.2) is 0 Å². The van der Waals surface area contributed by atoms with E-state index in [9.17, 15) is 0 Å². The molecule has 0 fully saturated rings. The predicted molar refractivity (Wildman–Crippen MR) is 77.9 cm³/mol. The summed E-state index contributed by atoms with van der Waals surface area (Å²) in [5.41, 5.74) is 10.7. The van der Waals surface area contributed by atoms with Gasteiger partial charge in [0.15, 0.2) is 0 Å². The zero-order valence-electron chi connectivity index (χ0n) is 10.8. The highest BCUT2D eigenvalue weighted by Crippen LogP contribution is 2.36. The highest BCUT2D eigenvalue weighted by molar-refractivity contribution is 6.31. The third-order valence-corrected chi connectivity index (χ3v) is 3.90. The standard InChI is InChI=1S/C16H16ClNO/c1-10-5-6-12(14(17)9-10)15(18)13-4-2-3-11-7-8-19-16(11)13/h2-6,9,15H,7-8,18H2,1H3. The molecule has 0 spiro atoms. The largest absolute Gasteiger partial charge is 0.493 e. The first-order chi connectivity index (χ1) is 9.16. The number of benzene rings is 2. The van der Waals surface area contributed by atoms with Crippen molar-refractivity contribution in [1.29, 1.82) is 0 Å². The van der Waals surface area contributed by atoms with Crippen LogP contribution in [0.3, 0.4) is 0 Å². The molecule has 1 aliphatic rings. The van der Waals surface area contributed by atoms with E-state index < -0.39 is 0 Å². The van der Waals surface area contributed by atoms with Gasteiger partial charge in [0.2, 0.25) is 0 Å². The molecule has 3 rings (SSSR count). The van der Waals surface area contributed by atoms with Crippen LogP contribution in [0.15, 0.2) is 36.4 Å². The summed E-state index contributed by atoms with van der Waals surface area (Å²) >= 11 is 6.30. The van der Waals surface area contributed by atoms with E-state index in [2.05, 4.69) is 6.07 Å². The Labute approximate surface area is 118 Å². The molecule has 2 aromatic carbocycles. The van der Waals surface area contributed by atoms with Crippen LogP contribution in [0, 0.1) is 6.92 Å². The molecule has 1 aliphatic heterocycles. The molecule has 0 radical (unpaired) electrons. The molecule has 0 aromatic heterocycles. The minimum atomic E-state index is -0.249. The smallest absolute Gasteiger partial charge is 0.127 e. The van der Waals surface area contributed by atoms with Crippen LogP contribution >= 0.6 is 11.6 Å². The van der Waals surface area contributed by atoms with E-state index in [1.807, 2.05) is 37.3 Å². The van der Waals surface area contributed by atoms with Crippen LogP contribution < -0.4 is 10.5 Å². The van der Waals surface area contributed by atoms with E-state index in [0.29, 0.717) is 5.02 Å². The van der Waals surface area contributed by atoms with Gasteiger partial charge in [-0.05, 0) is 29.7 Å². The van der Waals surface area contributed by atoms with Gasteiger partial charge < -0.3 is 10.5 Å². The Morgan fingerprint density at radius 1 is 1.21 bits per heavy atom. The summed E-state index contributed by atoms with van der Waals surface area (Å²) < 4.78 is 5.71. The summed E-state index contributed by atoms with van der Waals surface area (Å²) in [6.45, 7) is 2.76. The highest BCUT2D eigenvalue weighted by Gasteiger charge is 2.22. The number of hydrogen-bond donors (Lipinski definition) is 1. The number of halogens is 1. The minimum absolute atomic E-state index is 0.249. The summed E-state index contributed by atoms with van der Waals surface area (Å²) in [6.07, 6.45) is 0.956. The van der Waals surface area contributed by atoms with Gasteiger partial charge in [0, 0.05) is 17.0 Å². The van der Waals surface area contributed by atoms with Crippen LogP contribution in [0.2, 0.25) is 5.02 Å². The molecule has 0 bridgehead atoms. The van der Waals surface area contributed by atoms with Crippen molar-refractivity contribution in [3.63, 3.8) is 0 Å². The molecule has 0 amide bonds. The number of hydrogen-bond acceptors (Lipinski definition) is 2. The molecule has 98 valence electrons. The summed E-state index contributed by atoms with van der Waals surface area (Å²) in [5.74, 6) is 0.937. The van der Waals surface area contributed by atoms with Crippen LogP contribution in [0.4, 0.5) is 0 Å². The van der Waals surface area contributed by atoms with Gasteiger partial charge in [-0.1, -0.05) is 41.9 Å². The maximum absolute atomic E-state index is 6.38. The number of fused-ring (bicyclic) bond motifs is 1. The molecule has 19 heavy (non-hydrogen) atoms. The van der Waals surface area contributed by atoms with Gasteiger partial charge >= 0.3 is 0 Å². The van der Waals surface area contributed by atoms with Gasteiger partial charge in [0.1, 0.15) is 5.75 Å². The van der Waals surface area contributed by atoms with Gasteiger partial charge in [0.25, 0.3) is 0 Å². The number of aryl methyl sites for hydroxylation is 1. The third kappa shape index (κ3) is 2.22. The Morgan fingerprint density at radius 3 is 2.84 bits per heavy atom. The van der Waals surface area contributed by atoms with Crippen molar-refractivity contribution < 1.29 is 4.74 Å². The summed E-state index contributed by atoms with van der Waals surface area (Å²) in [6, 6.07) is 11.9. The van der Waals surface area contributed by atoms with Crippen LogP contribution in [0.25, 0.3) is 0 Å². The fourth-order valence-corrected chi connectivity index (χ4v) is 2.89. The first-order valence-electron chi connectivity index (χ1n) is 6.43. The number of ether oxygens (including phenoxy) is 1. The van der Waals surface area contributed by atoms with Crippen LogP contribution in [-0.2, 0) is 6.42 Å². The van der Waals surface area contributed by atoms with E-state index in [1.165, 1.54) is 5.56 Å². The third-order valence-electron chi connectivity index (χ3n) is 3.57. The molecule has 0 aliphatic carbocycles. The Kier molecular flexibility index (Phi) is 3.21. The minimum Gasteiger partial charge on any atom is -0.493 e. The maximum atomic E-state index is 6.38. The molecule has 3 heteroatoms. The second-order valence-corrected chi connectivity index (χ2v) is 5.34. The monoisotopic (exact) mass is 273 g/mol. The molecule has 0 saturated heterocycles. The van der Waals surface area contributed by atoms with Gasteiger partial charge in [-0.15, -0.1) is 0 Å². The SMILES string of the molecule is Cc1ccc(C(N)c2cccc3c2OCC3)c(Cl)c1. The highest BCUT2D eigenvalue weighted by atomic mass is 35.5. The predicted octanol–water partition coefficient (Wildman–Crippen LogP) is 3.63. The van der Waals surface area contributed by atoms with Crippen molar-refractivity contribution in [3.8, 4) is 5.75 Å². The molecule has 1 heterocycles. The average Bonchev–Trinajstić information content (AvgIpc) is 2.86. The molecule has 2 aromatic rings. The first kappa shape index (κ1) is 12.5. The zero-order chi connectivity index (χ0) is 13.4. The zero-order valence-corrected chi connectivity index (χ0v) is 11.6. The first-order valence-corrected chi connectivity index (χ1v) is 6.81. The summed E-state index contributed by atoms with van der Waals surface area (Å²) in [4.78, 5) is 0. The van der Waals surface area contributed by atoms with Crippen LogP contribution in [-0.4, -0.2) is 6.61 Å². The normalized spacial score (nSPS) is 14.9. The lowest BCUT2D eigenvalue weighted by Gasteiger charge is -2.17. The Balaban J connectivity index is 2.05. The van der Waals surface area contributed by atoms with Crippen molar-refractivity contribution in [1.82, 2.24) is 0 Å². The van der Waals surface area contributed by atoms with E-state index >= 15 is 0 Å². The van der Waals surface area contributed by atoms with Crippen LogP contribution in [0.1, 0.15) is 28.3 Å². The van der Waals surface area contributed by atoms with Gasteiger partial charge in [0.05, 0.1) is 12.6 Å².